The van der Waals surface area contributed by atoms with Crippen LogP contribution in [0.5, 0.6) is 0 Å². The molecule has 0 aromatic heterocycles. The molecule has 0 spiro atoms. The van der Waals surface area contributed by atoms with E-state index in [0.717, 1.165) is 0 Å². The zero-order chi connectivity index (χ0) is 8.53. The Hall–Kier alpha value is -0.0900. The van der Waals surface area contributed by atoms with Crippen LogP contribution in [0.25, 0.3) is 0 Å². The normalized spacial score (nSPS) is 7.82. The third kappa shape index (κ3) is 9.91. The first-order chi connectivity index (χ1) is 5.27. The monoisotopic (exact) mass is 282 g/mol. The fraction of sp³-hybridized carbons (Fsp3) is 0.125. The second-order valence-corrected chi connectivity index (χ2v) is 2.83. The Labute approximate surface area is 84.9 Å². The Kier molecular flexibility index (Phi) is 7.95. The van der Waals surface area contributed by atoms with Crippen molar-refractivity contribution in [2.75, 3.05) is 4.43 Å². The van der Waals surface area contributed by atoms with Crippen molar-refractivity contribution >= 4 is 39.4 Å². The van der Waals surface area contributed by atoms with Gasteiger partial charge in [-0.3, -0.25) is 4.79 Å². The van der Waals surface area contributed by atoms with Crippen LogP contribution in [0.3, 0.4) is 0 Å². The van der Waals surface area contributed by atoms with Gasteiger partial charge < -0.3 is 0 Å². The van der Waals surface area contributed by atoms with E-state index in [0.29, 0.717) is 4.43 Å². The second kappa shape index (κ2) is 8.01. The lowest BCUT2D eigenvalue weighted by molar-refractivity contribution is -0.109. The van der Waals surface area contributed by atoms with Crippen molar-refractivity contribution in [2.24, 2.45) is 0 Å². The summed E-state index contributed by atoms with van der Waals surface area (Å²) in [5.74, 6) is 0. The molecule has 1 nitrogen and oxygen atoms in total. The molecule has 0 unspecified atom stereocenters. The molecule has 0 aliphatic heterocycles. The van der Waals surface area contributed by atoms with Crippen LogP contribution in [0.1, 0.15) is 0 Å². The standard InChI is InChI=1S/C6H6.C2H2ClIO/c1-2-4-6-5-3-1;3-2(5)1-4/h1-6H;1H2. The van der Waals surface area contributed by atoms with Gasteiger partial charge in [-0.15, -0.1) is 0 Å². The zero-order valence-electron chi connectivity index (χ0n) is 5.84. The van der Waals surface area contributed by atoms with Crippen LogP contribution in [-0.4, -0.2) is 9.67 Å². The number of halogens is 2. The van der Waals surface area contributed by atoms with Crippen molar-refractivity contribution in [1.29, 1.82) is 0 Å². The van der Waals surface area contributed by atoms with Gasteiger partial charge in [-0.25, -0.2) is 0 Å². The zero-order valence-corrected chi connectivity index (χ0v) is 8.75. The topological polar surface area (TPSA) is 17.1 Å². The molecule has 1 rings (SSSR count). The van der Waals surface area contributed by atoms with E-state index in [1.54, 1.807) is 0 Å². The van der Waals surface area contributed by atoms with Gasteiger partial charge in [0.15, 0.2) is 0 Å². The number of alkyl halides is 1. The molecule has 0 aliphatic rings. The summed E-state index contributed by atoms with van der Waals surface area (Å²) in [4.78, 5) is 9.57. The Balaban J connectivity index is 0.000000187. The molecule has 11 heavy (non-hydrogen) atoms. The first-order valence-electron chi connectivity index (χ1n) is 3.01. The van der Waals surface area contributed by atoms with Crippen molar-refractivity contribution in [3.8, 4) is 0 Å². The maximum absolute atomic E-state index is 9.57. The highest BCUT2D eigenvalue weighted by Gasteiger charge is 1.82. The summed E-state index contributed by atoms with van der Waals surface area (Å²) in [6, 6.07) is 12.0. The van der Waals surface area contributed by atoms with E-state index < -0.39 is 0 Å². The molecule has 0 saturated heterocycles. The van der Waals surface area contributed by atoms with Crippen LogP contribution in [0, 0.1) is 0 Å². The van der Waals surface area contributed by atoms with E-state index in [2.05, 4.69) is 0 Å². The Morgan fingerprint density at radius 1 is 1.09 bits per heavy atom. The van der Waals surface area contributed by atoms with Crippen LogP contribution < -0.4 is 0 Å². The second-order valence-electron chi connectivity index (χ2n) is 1.64. The molecule has 0 amide bonds. The van der Waals surface area contributed by atoms with Crippen molar-refractivity contribution in [3.63, 3.8) is 0 Å². The van der Waals surface area contributed by atoms with Gasteiger partial charge in [-0.2, -0.15) is 0 Å². The van der Waals surface area contributed by atoms with Crippen molar-refractivity contribution < 1.29 is 4.79 Å². The first kappa shape index (κ1) is 10.9. The lowest BCUT2D eigenvalue weighted by Crippen LogP contribution is -1.80. The Bertz CT molecular complexity index is 162. The number of hydrogen-bond donors (Lipinski definition) is 0. The Morgan fingerprint density at radius 2 is 1.27 bits per heavy atom. The van der Waals surface area contributed by atoms with Gasteiger partial charge in [-0.05, 0) is 11.6 Å². The van der Waals surface area contributed by atoms with Crippen LogP contribution in [0.15, 0.2) is 36.4 Å². The molecule has 0 aliphatic carbocycles. The molecule has 0 N–H and O–H groups in total. The highest BCUT2D eigenvalue weighted by molar-refractivity contribution is 14.1. The summed E-state index contributed by atoms with van der Waals surface area (Å²) in [5, 5.41) is -0.286. The quantitative estimate of drug-likeness (QED) is 0.440. The lowest BCUT2D eigenvalue weighted by Gasteiger charge is -1.69. The minimum atomic E-state index is -0.286. The molecule has 0 bridgehead atoms. The molecule has 0 radical (unpaired) electrons. The predicted molar refractivity (Wildman–Crippen MR) is 56.2 cm³/mol. The number of benzene rings is 1. The molecule has 0 atom stereocenters. The highest BCUT2D eigenvalue weighted by Crippen LogP contribution is 1.84. The third-order valence-electron chi connectivity index (χ3n) is 0.772. The number of carbonyl (C=O) groups excluding carboxylic acids is 1. The average Bonchev–Trinajstić information content (AvgIpc) is 2.09. The minimum absolute atomic E-state index is 0.286. The smallest absolute Gasteiger partial charge is 0.231 e. The van der Waals surface area contributed by atoms with E-state index in [9.17, 15) is 4.79 Å². The summed E-state index contributed by atoms with van der Waals surface area (Å²) in [7, 11) is 0. The molecule has 1 aromatic carbocycles. The van der Waals surface area contributed by atoms with Gasteiger partial charge in [0.25, 0.3) is 0 Å². The third-order valence-corrected chi connectivity index (χ3v) is 2.05. The molecular formula is C8H8ClIO. The van der Waals surface area contributed by atoms with E-state index in [4.69, 9.17) is 11.6 Å². The summed E-state index contributed by atoms with van der Waals surface area (Å²) < 4.78 is 0.402. The highest BCUT2D eigenvalue weighted by atomic mass is 127. The number of hydrogen-bond acceptors (Lipinski definition) is 1. The lowest BCUT2D eigenvalue weighted by atomic mass is 10.4. The maximum atomic E-state index is 9.57. The summed E-state index contributed by atoms with van der Waals surface area (Å²) in [6.45, 7) is 0. The summed E-state index contributed by atoms with van der Waals surface area (Å²) in [5.41, 5.74) is 0. The minimum Gasteiger partial charge on any atom is -0.280 e. The van der Waals surface area contributed by atoms with E-state index in [-0.39, 0.29) is 5.24 Å². The fourth-order valence-corrected chi connectivity index (χ4v) is 0.385. The van der Waals surface area contributed by atoms with Gasteiger partial charge in [0, 0.05) is 0 Å². The van der Waals surface area contributed by atoms with Crippen LogP contribution in [0.4, 0.5) is 0 Å². The van der Waals surface area contributed by atoms with Gasteiger partial charge in [0.1, 0.15) is 0 Å². The maximum Gasteiger partial charge on any atom is 0.231 e. The molecule has 0 fully saturated rings. The molecule has 0 heterocycles. The van der Waals surface area contributed by atoms with E-state index in [1.165, 1.54) is 0 Å². The van der Waals surface area contributed by atoms with Gasteiger partial charge in [0.2, 0.25) is 5.24 Å². The largest absolute Gasteiger partial charge is 0.280 e. The first-order valence-corrected chi connectivity index (χ1v) is 4.92. The van der Waals surface area contributed by atoms with Crippen molar-refractivity contribution in [2.45, 2.75) is 0 Å². The van der Waals surface area contributed by atoms with Crippen LogP contribution in [0.2, 0.25) is 0 Å². The van der Waals surface area contributed by atoms with Gasteiger partial charge in [0.05, 0.1) is 4.43 Å². The molecule has 60 valence electrons. The molecule has 0 saturated carbocycles. The SMILES string of the molecule is O=C(Cl)CI.c1ccccc1. The Morgan fingerprint density at radius 3 is 1.36 bits per heavy atom. The molecular weight excluding hydrogens is 274 g/mol. The number of rotatable bonds is 1. The number of carbonyl (C=O) groups is 1. The van der Waals surface area contributed by atoms with Crippen molar-refractivity contribution in [3.05, 3.63) is 36.4 Å². The summed E-state index contributed by atoms with van der Waals surface area (Å²) in [6.07, 6.45) is 0. The summed E-state index contributed by atoms with van der Waals surface area (Å²) >= 11 is 6.71. The fourth-order valence-electron chi connectivity index (χ4n) is 0.385. The van der Waals surface area contributed by atoms with Gasteiger partial charge in [-0.1, -0.05) is 59.0 Å². The van der Waals surface area contributed by atoms with E-state index >= 15 is 0 Å². The van der Waals surface area contributed by atoms with Crippen LogP contribution in [-0.2, 0) is 4.79 Å². The molecule has 1 aromatic rings. The van der Waals surface area contributed by atoms with Crippen molar-refractivity contribution in [1.82, 2.24) is 0 Å². The predicted octanol–water partition coefficient (Wildman–Crippen LogP) is 2.87. The average molecular weight is 283 g/mol. The molecule has 3 heteroatoms. The van der Waals surface area contributed by atoms with Crippen LogP contribution >= 0.6 is 34.2 Å². The van der Waals surface area contributed by atoms with Gasteiger partial charge >= 0.3 is 0 Å². The van der Waals surface area contributed by atoms with E-state index in [1.807, 2.05) is 59.0 Å².